The van der Waals surface area contributed by atoms with Crippen LogP contribution in [0.4, 0.5) is 8.78 Å². The third-order valence-electron chi connectivity index (χ3n) is 5.12. The molecule has 25 heavy (non-hydrogen) atoms. The van der Waals surface area contributed by atoms with E-state index in [1.807, 2.05) is 0 Å². The molecule has 2 saturated heterocycles. The molecule has 2 fully saturated rings. The number of aliphatic hydroxyl groups excluding tert-OH is 1. The molecular formula is C19H19F2NO3. The molecule has 2 aromatic carbocycles. The van der Waals surface area contributed by atoms with Crippen molar-refractivity contribution in [2.24, 2.45) is 0 Å². The Morgan fingerprint density at radius 1 is 0.960 bits per heavy atom. The first-order chi connectivity index (χ1) is 12.0. The quantitative estimate of drug-likeness (QED) is 0.926. The van der Waals surface area contributed by atoms with E-state index in [4.69, 9.17) is 9.47 Å². The fraction of sp³-hybridized carbons (Fsp3) is 0.368. The molecule has 2 aliphatic heterocycles. The summed E-state index contributed by atoms with van der Waals surface area (Å²) in [7, 11) is 0. The van der Waals surface area contributed by atoms with Gasteiger partial charge in [-0.3, -0.25) is 0 Å². The van der Waals surface area contributed by atoms with E-state index in [1.54, 1.807) is 48.2 Å². The first-order valence-corrected chi connectivity index (χ1v) is 8.23. The van der Waals surface area contributed by atoms with Crippen LogP contribution in [-0.2, 0) is 9.47 Å². The van der Waals surface area contributed by atoms with E-state index in [9.17, 15) is 13.9 Å². The van der Waals surface area contributed by atoms with E-state index in [1.165, 1.54) is 12.1 Å². The van der Waals surface area contributed by atoms with Crippen LogP contribution in [0.15, 0.2) is 48.5 Å². The van der Waals surface area contributed by atoms with Crippen molar-refractivity contribution in [2.45, 2.75) is 31.0 Å². The standard InChI is InChI=1S/C19H19F2NO3/c1-12(23)19-10-24-17(13-6-2-4-8-15(13)20)22(19)18(25-11-19)14-7-3-5-9-16(14)21/h2-9,12,17-18,23H,10-11H2,1H3. The fourth-order valence-corrected chi connectivity index (χ4v) is 3.67. The summed E-state index contributed by atoms with van der Waals surface area (Å²) in [5, 5.41) is 10.4. The number of fused-ring (bicyclic) bond motifs is 1. The van der Waals surface area contributed by atoms with Crippen molar-refractivity contribution in [1.29, 1.82) is 0 Å². The Labute approximate surface area is 144 Å². The Balaban J connectivity index is 1.81. The molecule has 2 heterocycles. The van der Waals surface area contributed by atoms with Crippen LogP contribution in [0.2, 0.25) is 0 Å². The predicted octanol–water partition coefficient (Wildman–Crippen LogP) is 3.14. The Morgan fingerprint density at radius 2 is 1.40 bits per heavy atom. The molecule has 0 aromatic heterocycles. The Bertz CT molecular complexity index is 725. The first-order valence-electron chi connectivity index (χ1n) is 8.23. The number of nitrogens with zero attached hydrogens (tertiary/aromatic N) is 1. The molecule has 0 bridgehead atoms. The average Bonchev–Trinajstić information content (AvgIpc) is 3.15. The highest BCUT2D eigenvalue weighted by atomic mass is 19.1. The zero-order chi connectivity index (χ0) is 17.6. The predicted molar refractivity (Wildman–Crippen MR) is 86.4 cm³/mol. The van der Waals surface area contributed by atoms with E-state index in [-0.39, 0.29) is 13.2 Å². The molecule has 2 aromatic rings. The van der Waals surface area contributed by atoms with Crippen molar-refractivity contribution in [1.82, 2.24) is 4.90 Å². The summed E-state index contributed by atoms with van der Waals surface area (Å²) in [5.41, 5.74) is -0.159. The number of benzene rings is 2. The minimum atomic E-state index is -0.847. The van der Waals surface area contributed by atoms with Crippen LogP contribution >= 0.6 is 0 Å². The molecule has 6 heteroatoms. The van der Waals surface area contributed by atoms with Gasteiger partial charge < -0.3 is 14.6 Å². The van der Waals surface area contributed by atoms with Gasteiger partial charge in [-0.2, -0.15) is 0 Å². The van der Waals surface area contributed by atoms with Crippen LogP contribution in [0.5, 0.6) is 0 Å². The molecule has 1 N–H and O–H groups in total. The highest BCUT2D eigenvalue weighted by Crippen LogP contribution is 2.50. The third kappa shape index (κ3) is 2.48. The van der Waals surface area contributed by atoms with Gasteiger partial charge >= 0.3 is 0 Å². The monoisotopic (exact) mass is 347 g/mol. The highest BCUT2D eigenvalue weighted by molar-refractivity contribution is 5.27. The molecule has 2 aliphatic rings. The molecule has 4 rings (SSSR count). The molecular weight excluding hydrogens is 328 g/mol. The molecule has 3 unspecified atom stereocenters. The van der Waals surface area contributed by atoms with Crippen molar-refractivity contribution in [3.8, 4) is 0 Å². The van der Waals surface area contributed by atoms with Gasteiger partial charge in [-0.05, 0) is 19.1 Å². The summed E-state index contributed by atoms with van der Waals surface area (Å²) in [4.78, 5) is 1.76. The normalized spacial score (nSPS) is 30.4. The Kier molecular flexibility index (Phi) is 4.08. The zero-order valence-electron chi connectivity index (χ0n) is 13.7. The number of aliphatic hydroxyl groups is 1. The number of hydrogen-bond acceptors (Lipinski definition) is 4. The maximum Gasteiger partial charge on any atom is 0.142 e. The summed E-state index contributed by atoms with van der Waals surface area (Å²) < 4.78 is 40.4. The van der Waals surface area contributed by atoms with Gasteiger partial charge in [0.2, 0.25) is 0 Å². The minimum Gasteiger partial charge on any atom is -0.391 e. The lowest BCUT2D eigenvalue weighted by molar-refractivity contribution is -0.0680. The van der Waals surface area contributed by atoms with Crippen LogP contribution in [0.1, 0.15) is 30.5 Å². The number of halogens is 2. The molecule has 132 valence electrons. The second kappa shape index (κ2) is 6.14. The molecule has 0 amide bonds. The largest absolute Gasteiger partial charge is 0.391 e. The lowest BCUT2D eigenvalue weighted by atomic mass is 9.94. The number of ether oxygens (including phenoxy) is 2. The summed E-state index contributed by atoms with van der Waals surface area (Å²) in [6, 6.07) is 12.6. The molecule has 3 atom stereocenters. The Hall–Kier alpha value is -1.86. The second-order valence-corrected chi connectivity index (χ2v) is 6.56. The van der Waals surface area contributed by atoms with Gasteiger partial charge in [-0.25, -0.2) is 13.7 Å². The first kappa shape index (κ1) is 16.6. The average molecular weight is 347 g/mol. The molecule has 0 saturated carbocycles. The van der Waals surface area contributed by atoms with Gasteiger partial charge in [0.25, 0.3) is 0 Å². The van der Waals surface area contributed by atoms with Crippen molar-refractivity contribution in [3.05, 3.63) is 71.3 Å². The van der Waals surface area contributed by atoms with E-state index >= 15 is 0 Å². The highest BCUT2D eigenvalue weighted by Gasteiger charge is 2.59. The fourth-order valence-electron chi connectivity index (χ4n) is 3.67. The van der Waals surface area contributed by atoms with Crippen LogP contribution in [0, 0.1) is 11.6 Å². The van der Waals surface area contributed by atoms with E-state index in [0.717, 1.165) is 0 Å². The van der Waals surface area contributed by atoms with Crippen LogP contribution < -0.4 is 0 Å². The molecule has 0 spiro atoms. The number of rotatable bonds is 3. The van der Waals surface area contributed by atoms with Gasteiger partial charge in [-0.1, -0.05) is 36.4 Å². The summed E-state index contributed by atoms with van der Waals surface area (Å²) in [6.07, 6.45) is -2.31. The van der Waals surface area contributed by atoms with E-state index in [2.05, 4.69) is 0 Å². The maximum atomic E-state index is 14.3. The van der Waals surface area contributed by atoms with Gasteiger partial charge in [-0.15, -0.1) is 0 Å². The van der Waals surface area contributed by atoms with Crippen LogP contribution in [0.25, 0.3) is 0 Å². The minimum absolute atomic E-state index is 0.175. The van der Waals surface area contributed by atoms with Crippen LogP contribution in [0.3, 0.4) is 0 Å². The smallest absolute Gasteiger partial charge is 0.142 e. The van der Waals surface area contributed by atoms with E-state index < -0.39 is 35.7 Å². The third-order valence-corrected chi connectivity index (χ3v) is 5.12. The summed E-state index contributed by atoms with van der Waals surface area (Å²) >= 11 is 0. The zero-order valence-corrected chi connectivity index (χ0v) is 13.7. The second-order valence-electron chi connectivity index (χ2n) is 6.56. The van der Waals surface area contributed by atoms with Crippen molar-refractivity contribution >= 4 is 0 Å². The topological polar surface area (TPSA) is 41.9 Å². The van der Waals surface area contributed by atoms with Gasteiger partial charge in [0.1, 0.15) is 24.1 Å². The van der Waals surface area contributed by atoms with Crippen molar-refractivity contribution < 1.29 is 23.4 Å². The summed E-state index contributed by atoms with van der Waals surface area (Å²) in [6.45, 7) is 2.00. The van der Waals surface area contributed by atoms with Gasteiger partial charge in [0.15, 0.2) is 0 Å². The number of hydrogen-bond donors (Lipinski definition) is 1. The van der Waals surface area contributed by atoms with Crippen molar-refractivity contribution in [2.75, 3.05) is 13.2 Å². The Morgan fingerprint density at radius 3 is 1.80 bits per heavy atom. The lowest BCUT2D eigenvalue weighted by Crippen LogP contribution is -2.52. The molecule has 4 nitrogen and oxygen atoms in total. The lowest BCUT2D eigenvalue weighted by Gasteiger charge is -2.36. The van der Waals surface area contributed by atoms with Crippen molar-refractivity contribution in [3.63, 3.8) is 0 Å². The van der Waals surface area contributed by atoms with Crippen LogP contribution in [-0.4, -0.2) is 34.9 Å². The van der Waals surface area contributed by atoms with Gasteiger partial charge in [0.05, 0.1) is 24.9 Å². The molecule has 0 aliphatic carbocycles. The van der Waals surface area contributed by atoms with Gasteiger partial charge in [0, 0.05) is 11.1 Å². The maximum absolute atomic E-state index is 14.3. The van der Waals surface area contributed by atoms with E-state index in [0.29, 0.717) is 11.1 Å². The SMILES string of the molecule is CC(O)C12COC(c3ccccc3F)N1C(c1ccccc1F)OC2. The molecule has 0 radical (unpaired) electrons. The summed E-state index contributed by atoms with van der Waals surface area (Å²) in [5.74, 6) is -0.818.